The molecule has 4 nitrogen and oxygen atoms in total. The zero-order chi connectivity index (χ0) is 18.2. The molecular formula is C22H28N2O2. The molecule has 0 aliphatic carbocycles. The van der Waals surface area contributed by atoms with Crippen molar-refractivity contribution < 1.29 is 9.53 Å². The lowest BCUT2D eigenvalue weighted by atomic mass is 10.0. The Morgan fingerprint density at radius 2 is 1.77 bits per heavy atom. The number of hydrogen-bond acceptors (Lipinski definition) is 3. The summed E-state index contributed by atoms with van der Waals surface area (Å²) in [5.41, 5.74) is 3.56. The second-order valence-electron chi connectivity index (χ2n) is 6.90. The number of morpholine rings is 1. The van der Waals surface area contributed by atoms with Crippen LogP contribution in [0.3, 0.4) is 0 Å². The predicted molar refractivity (Wildman–Crippen MR) is 104 cm³/mol. The summed E-state index contributed by atoms with van der Waals surface area (Å²) in [6.07, 6.45) is 1.37. The smallest absolute Gasteiger partial charge is 0.224 e. The minimum Gasteiger partial charge on any atom is -0.379 e. The molecule has 0 saturated carbocycles. The van der Waals surface area contributed by atoms with Gasteiger partial charge in [0.25, 0.3) is 0 Å². The largest absolute Gasteiger partial charge is 0.379 e. The van der Waals surface area contributed by atoms with Crippen LogP contribution in [0.15, 0.2) is 54.6 Å². The normalized spacial score (nSPS) is 16.2. The zero-order valence-corrected chi connectivity index (χ0v) is 15.5. The molecule has 0 spiro atoms. The summed E-state index contributed by atoms with van der Waals surface area (Å²) >= 11 is 0. The van der Waals surface area contributed by atoms with E-state index in [2.05, 4.69) is 47.5 Å². The minimum atomic E-state index is 0.0885. The number of ether oxygens (including phenoxy) is 1. The van der Waals surface area contributed by atoms with E-state index < -0.39 is 0 Å². The number of carbonyl (C=O) groups excluding carboxylic acids is 1. The van der Waals surface area contributed by atoms with Crippen molar-refractivity contribution in [3.05, 3.63) is 71.3 Å². The molecule has 1 fully saturated rings. The third-order valence-corrected chi connectivity index (χ3v) is 5.02. The Balaban J connectivity index is 1.59. The first kappa shape index (κ1) is 18.6. The van der Waals surface area contributed by atoms with Gasteiger partial charge in [0.1, 0.15) is 0 Å². The Labute approximate surface area is 156 Å². The zero-order valence-electron chi connectivity index (χ0n) is 15.5. The highest BCUT2D eigenvalue weighted by Crippen LogP contribution is 2.12. The molecular weight excluding hydrogens is 324 g/mol. The van der Waals surface area contributed by atoms with Crippen LogP contribution in [0.1, 0.15) is 16.7 Å². The number of carbonyl (C=O) groups is 1. The first-order valence-electron chi connectivity index (χ1n) is 9.39. The minimum absolute atomic E-state index is 0.0885. The lowest BCUT2D eigenvalue weighted by Crippen LogP contribution is -2.50. The molecule has 26 heavy (non-hydrogen) atoms. The summed E-state index contributed by atoms with van der Waals surface area (Å²) in [5, 5.41) is 3.15. The van der Waals surface area contributed by atoms with Gasteiger partial charge in [-0.2, -0.15) is 0 Å². The fourth-order valence-electron chi connectivity index (χ4n) is 3.43. The van der Waals surface area contributed by atoms with Crippen LogP contribution in [0.4, 0.5) is 0 Å². The van der Waals surface area contributed by atoms with Gasteiger partial charge in [-0.1, -0.05) is 54.6 Å². The van der Waals surface area contributed by atoms with Crippen molar-refractivity contribution in [1.29, 1.82) is 0 Å². The van der Waals surface area contributed by atoms with Crippen molar-refractivity contribution in [2.24, 2.45) is 0 Å². The summed E-state index contributed by atoms with van der Waals surface area (Å²) in [5.74, 6) is 0.0885. The number of nitrogens with zero attached hydrogens (tertiary/aromatic N) is 1. The number of benzene rings is 2. The number of nitrogens with one attached hydrogen (secondary N) is 1. The average molecular weight is 352 g/mol. The summed E-state index contributed by atoms with van der Waals surface area (Å²) < 4.78 is 5.49. The maximum atomic E-state index is 12.5. The van der Waals surface area contributed by atoms with E-state index in [1.54, 1.807) is 0 Å². The fourth-order valence-corrected chi connectivity index (χ4v) is 3.43. The third-order valence-electron chi connectivity index (χ3n) is 5.02. The van der Waals surface area contributed by atoms with Crippen molar-refractivity contribution in [3.63, 3.8) is 0 Å². The molecule has 0 bridgehead atoms. The molecule has 138 valence electrons. The number of hydrogen-bond donors (Lipinski definition) is 1. The summed E-state index contributed by atoms with van der Waals surface area (Å²) in [6.45, 7) is 6.09. The Kier molecular flexibility index (Phi) is 6.81. The highest BCUT2D eigenvalue weighted by molar-refractivity contribution is 5.78. The molecule has 1 heterocycles. The molecule has 1 atom stereocenters. The molecule has 1 aliphatic rings. The third kappa shape index (κ3) is 5.41. The van der Waals surface area contributed by atoms with Crippen LogP contribution in [0.2, 0.25) is 0 Å². The second kappa shape index (κ2) is 9.51. The van der Waals surface area contributed by atoms with Gasteiger partial charge < -0.3 is 10.1 Å². The Bertz CT molecular complexity index is 696. The van der Waals surface area contributed by atoms with E-state index in [4.69, 9.17) is 4.74 Å². The topological polar surface area (TPSA) is 41.6 Å². The van der Waals surface area contributed by atoms with Gasteiger partial charge in [0.15, 0.2) is 0 Å². The van der Waals surface area contributed by atoms with Gasteiger partial charge in [0.2, 0.25) is 5.91 Å². The Hall–Kier alpha value is -2.17. The van der Waals surface area contributed by atoms with Crippen molar-refractivity contribution in [3.8, 4) is 0 Å². The lowest BCUT2D eigenvalue weighted by Gasteiger charge is -2.34. The van der Waals surface area contributed by atoms with E-state index >= 15 is 0 Å². The number of aryl methyl sites for hydroxylation is 1. The highest BCUT2D eigenvalue weighted by Gasteiger charge is 2.22. The van der Waals surface area contributed by atoms with Crippen LogP contribution in [0, 0.1) is 6.92 Å². The van der Waals surface area contributed by atoms with Crippen LogP contribution < -0.4 is 5.32 Å². The molecule has 1 saturated heterocycles. The van der Waals surface area contributed by atoms with Crippen molar-refractivity contribution in [2.45, 2.75) is 25.8 Å². The molecule has 1 amide bonds. The summed E-state index contributed by atoms with van der Waals surface area (Å²) in [4.78, 5) is 14.9. The molecule has 2 aromatic carbocycles. The van der Waals surface area contributed by atoms with Crippen molar-refractivity contribution in [1.82, 2.24) is 10.2 Å². The van der Waals surface area contributed by atoms with Crippen molar-refractivity contribution in [2.75, 3.05) is 32.8 Å². The molecule has 1 N–H and O–H groups in total. The number of rotatable bonds is 7. The molecule has 1 unspecified atom stereocenters. The van der Waals surface area contributed by atoms with Gasteiger partial charge >= 0.3 is 0 Å². The van der Waals surface area contributed by atoms with E-state index in [0.717, 1.165) is 43.9 Å². The standard InChI is InChI=1S/C22H28N2O2/c1-18-7-5-6-10-20(18)16-22(25)23-17-21(24-11-13-26-14-12-24)15-19-8-3-2-4-9-19/h2-10,21H,11-17H2,1H3,(H,23,25). The van der Waals surface area contributed by atoms with E-state index in [9.17, 15) is 4.79 Å². The molecule has 3 rings (SSSR count). The Morgan fingerprint density at radius 1 is 1.08 bits per heavy atom. The van der Waals surface area contributed by atoms with Crippen LogP contribution in [0.25, 0.3) is 0 Å². The molecule has 0 radical (unpaired) electrons. The van der Waals surface area contributed by atoms with E-state index in [1.165, 1.54) is 5.56 Å². The predicted octanol–water partition coefficient (Wildman–Crippen LogP) is 2.60. The monoisotopic (exact) mass is 352 g/mol. The van der Waals surface area contributed by atoms with E-state index in [-0.39, 0.29) is 5.91 Å². The highest BCUT2D eigenvalue weighted by atomic mass is 16.5. The van der Waals surface area contributed by atoms with Gasteiger partial charge in [-0.3, -0.25) is 9.69 Å². The first-order chi connectivity index (χ1) is 12.7. The van der Waals surface area contributed by atoms with Crippen LogP contribution in [-0.4, -0.2) is 49.7 Å². The van der Waals surface area contributed by atoms with Crippen LogP contribution in [0.5, 0.6) is 0 Å². The fraction of sp³-hybridized carbons (Fsp3) is 0.409. The number of amides is 1. The lowest BCUT2D eigenvalue weighted by molar-refractivity contribution is -0.120. The molecule has 4 heteroatoms. The van der Waals surface area contributed by atoms with Crippen LogP contribution in [-0.2, 0) is 22.4 Å². The van der Waals surface area contributed by atoms with E-state index in [1.807, 2.05) is 24.3 Å². The van der Waals surface area contributed by atoms with Gasteiger partial charge in [-0.15, -0.1) is 0 Å². The average Bonchev–Trinajstić information content (AvgIpc) is 2.68. The molecule has 1 aliphatic heterocycles. The first-order valence-corrected chi connectivity index (χ1v) is 9.39. The maximum absolute atomic E-state index is 12.5. The van der Waals surface area contributed by atoms with Gasteiger partial charge in [-0.05, 0) is 30.0 Å². The van der Waals surface area contributed by atoms with Crippen molar-refractivity contribution >= 4 is 5.91 Å². The summed E-state index contributed by atoms with van der Waals surface area (Å²) in [7, 11) is 0. The summed E-state index contributed by atoms with van der Waals surface area (Å²) in [6, 6.07) is 18.9. The second-order valence-corrected chi connectivity index (χ2v) is 6.90. The molecule has 2 aromatic rings. The van der Waals surface area contributed by atoms with Crippen LogP contribution >= 0.6 is 0 Å². The molecule has 0 aromatic heterocycles. The van der Waals surface area contributed by atoms with Gasteiger partial charge in [0, 0.05) is 25.7 Å². The van der Waals surface area contributed by atoms with Gasteiger partial charge in [-0.25, -0.2) is 0 Å². The SMILES string of the molecule is Cc1ccccc1CC(=O)NCC(Cc1ccccc1)N1CCOCC1. The maximum Gasteiger partial charge on any atom is 0.224 e. The van der Waals surface area contributed by atoms with Gasteiger partial charge in [0.05, 0.1) is 19.6 Å². The Morgan fingerprint density at radius 3 is 2.50 bits per heavy atom. The quantitative estimate of drug-likeness (QED) is 0.833. The van der Waals surface area contributed by atoms with E-state index in [0.29, 0.717) is 19.0 Å².